The third kappa shape index (κ3) is 3.58. The molecule has 1 aliphatic rings. The normalized spacial score (nSPS) is 14.3. The number of ether oxygens (including phenoxy) is 1. The van der Waals surface area contributed by atoms with Crippen molar-refractivity contribution >= 4 is 49.6 Å². The number of morpholine rings is 1. The number of hydrogen-bond donors (Lipinski definition) is 1. The number of nitrogens with one attached hydrogen (secondary N) is 1. The Balaban J connectivity index is 1.79. The van der Waals surface area contributed by atoms with Crippen molar-refractivity contribution in [3.8, 4) is 0 Å². The lowest BCUT2D eigenvalue weighted by Crippen LogP contribution is -2.36. The second-order valence-electron chi connectivity index (χ2n) is 6.18. The molecule has 1 aliphatic heterocycles. The number of anilines is 3. The van der Waals surface area contributed by atoms with E-state index in [1.165, 1.54) is 0 Å². The fraction of sp³-hybridized carbons (Fsp3) is 0.211. The monoisotopic (exact) mass is 428 g/mol. The fourth-order valence-corrected chi connectivity index (χ4v) is 3.81. The summed E-state index contributed by atoms with van der Waals surface area (Å²) in [7, 11) is 0. The van der Waals surface area contributed by atoms with Crippen molar-refractivity contribution in [1.82, 2.24) is 4.98 Å². The Bertz CT molecular complexity index is 1000. The molecule has 2 heterocycles. The molecule has 0 spiro atoms. The number of halogens is 1. The van der Waals surface area contributed by atoms with Crippen LogP contribution in [0.1, 0.15) is 0 Å². The van der Waals surface area contributed by atoms with Crippen LogP contribution in [-0.4, -0.2) is 36.2 Å². The van der Waals surface area contributed by atoms with Gasteiger partial charge in [-0.05, 0) is 40.2 Å². The molecule has 7 nitrogen and oxygen atoms in total. The van der Waals surface area contributed by atoms with E-state index in [1.54, 1.807) is 12.3 Å². The first-order chi connectivity index (χ1) is 13.1. The maximum atomic E-state index is 11.7. The Kier molecular flexibility index (Phi) is 4.91. The smallest absolute Gasteiger partial charge is 0.306 e. The number of aromatic nitrogens is 1. The van der Waals surface area contributed by atoms with E-state index >= 15 is 0 Å². The number of nitro groups is 1. The molecular formula is C19H17BrN4O3. The molecule has 1 N–H and O–H groups in total. The average Bonchev–Trinajstić information content (AvgIpc) is 2.68. The van der Waals surface area contributed by atoms with Crippen molar-refractivity contribution in [1.29, 1.82) is 0 Å². The highest BCUT2D eigenvalue weighted by Gasteiger charge is 2.23. The van der Waals surface area contributed by atoms with Gasteiger partial charge in [0.15, 0.2) is 0 Å². The molecule has 1 fully saturated rings. The molecule has 3 aromatic rings. The van der Waals surface area contributed by atoms with Crippen LogP contribution in [0.3, 0.4) is 0 Å². The lowest BCUT2D eigenvalue weighted by Gasteiger charge is -2.29. The molecule has 0 amide bonds. The summed E-state index contributed by atoms with van der Waals surface area (Å²) in [5, 5.41) is 15.8. The number of rotatable bonds is 4. The Morgan fingerprint density at radius 2 is 1.93 bits per heavy atom. The maximum absolute atomic E-state index is 11.7. The van der Waals surface area contributed by atoms with E-state index in [-0.39, 0.29) is 10.6 Å². The van der Waals surface area contributed by atoms with E-state index in [2.05, 4.69) is 31.1 Å². The standard InChI is InChI=1S/C19H17BrN4O3/c20-15-11-13(23-7-9-27-10-8-23)12-18(19(15)24(25)26)22-17-5-6-21-16-4-2-1-3-14(16)17/h1-6,11-12H,7-10H2,(H,21,22). The van der Waals surface area contributed by atoms with Crippen LogP contribution in [0.5, 0.6) is 0 Å². The number of hydrogen-bond acceptors (Lipinski definition) is 6. The van der Waals surface area contributed by atoms with Crippen LogP contribution in [0.2, 0.25) is 0 Å². The van der Waals surface area contributed by atoms with Gasteiger partial charge >= 0.3 is 5.69 Å². The Morgan fingerprint density at radius 1 is 1.15 bits per heavy atom. The Labute approximate surface area is 164 Å². The summed E-state index contributed by atoms with van der Waals surface area (Å²) in [5.41, 5.74) is 2.96. The minimum Gasteiger partial charge on any atom is -0.378 e. The zero-order valence-corrected chi connectivity index (χ0v) is 16.0. The zero-order chi connectivity index (χ0) is 18.8. The molecule has 0 saturated carbocycles. The topological polar surface area (TPSA) is 80.5 Å². The van der Waals surface area contributed by atoms with Gasteiger partial charge in [-0.3, -0.25) is 15.1 Å². The van der Waals surface area contributed by atoms with Crippen molar-refractivity contribution in [2.75, 3.05) is 36.5 Å². The summed E-state index contributed by atoms with van der Waals surface area (Å²) in [6, 6.07) is 13.1. The second kappa shape index (κ2) is 7.50. The molecular weight excluding hydrogens is 412 g/mol. The molecule has 27 heavy (non-hydrogen) atoms. The maximum Gasteiger partial charge on any atom is 0.306 e. The molecule has 138 valence electrons. The largest absolute Gasteiger partial charge is 0.378 e. The number of nitro benzene ring substituents is 1. The van der Waals surface area contributed by atoms with Crippen LogP contribution in [0.4, 0.5) is 22.7 Å². The number of nitrogens with zero attached hydrogens (tertiary/aromatic N) is 3. The molecule has 0 unspecified atom stereocenters. The van der Waals surface area contributed by atoms with Gasteiger partial charge in [0.25, 0.3) is 0 Å². The average molecular weight is 429 g/mol. The van der Waals surface area contributed by atoms with Gasteiger partial charge in [-0.25, -0.2) is 0 Å². The molecule has 8 heteroatoms. The zero-order valence-electron chi connectivity index (χ0n) is 14.4. The Hall–Kier alpha value is -2.71. The summed E-state index contributed by atoms with van der Waals surface area (Å²) in [6.07, 6.45) is 1.69. The quantitative estimate of drug-likeness (QED) is 0.487. The second-order valence-corrected chi connectivity index (χ2v) is 7.04. The van der Waals surface area contributed by atoms with Gasteiger partial charge in [-0.1, -0.05) is 18.2 Å². The van der Waals surface area contributed by atoms with Crippen molar-refractivity contribution in [2.45, 2.75) is 0 Å². The summed E-state index contributed by atoms with van der Waals surface area (Å²) in [5.74, 6) is 0. The van der Waals surface area contributed by atoms with E-state index in [1.807, 2.05) is 36.4 Å². The number of fused-ring (bicyclic) bond motifs is 1. The molecule has 0 bridgehead atoms. The van der Waals surface area contributed by atoms with Crippen molar-refractivity contribution in [3.63, 3.8) is 0 Å². The molecule has 0 atom stereocenters. The molecule has 0 radical (unpaired) electrons. The number of pyridine rings is 1. The van der Waals surface area contributed by atoms with Crippen LogP contribution >= 0.6 is 15.9 Å². The fourth-order valence-electron chi connectivity index (χ4n) is 3.22. The van der Waals surface area contributed by atoms with E-state index < -0.39 is 0 Å². The first-order valence-electron chi connectivity index (χ1n) is 8.55. The highest BCUT2D eigenvalue weighted by molar-refractivity contribution is 9.10. The van der Waals surface area contributed by atoms with Gasteiger partial charge in [0.05, 0.1) is 28.1 Å². The van der Waals surface area contributed by atoms with Gasteiger partial charge in [0.2, 0.25) is 0 Å². The van der Waals surface area contributed by atoms with Crippen LogP contribution in [0.25, 0.3) is 10.9 Å². The summed E-state index contributed by atoms with van der Waals surface area (Å²) >= 11 is 3.38. The van der Waals surface area contributed by atoms with Gasteiger partial charge in [-0.2, -0.15) is 0 Å². The van der Waals surface area contributed by atoms with E-state index in [4.69, 9.17) is 4.74 Å². The minimum atomic E-state index is -0.376. The highest BCUT2D eigenvalue weighted by Crippen LogP contribution is 2.40. The van der Waals surface area contributed by atoms with Gasteiger partial charge in [0.1, 0.15) is 5.69 Å². The van der Waals surface area contributed by atoms with E-state index in [0.29, 0.717) is 23.4 Å². The predicted octanol–water partition coefficient (Wildman–Crippen LogP) is 4.49. The lowest BCUT2D eigenvalue weighted by atomic mass is 10.1. The SMILES string of the molecule is O=[N+]([O-])c1c(Br)cc(N2CCOCC2)cc1Nc1ccnc2ccccc12. The summed E-state index contributed by atoms with van der Waals surface area (Å²) in [4.78, 5) is 17.8. The summed E-state index contributed by atoms with van der Waals surface area (Å²) < 4.78 is 5.85. The van der Waals surface area contributed by atoms with Crippen molar-refractivity contribution < 1.29 is 9.66 Å². The third-order valence-corrected chi connectivity index (χ3v) is 5.13. The van der Waals surface area contributed by atoms with Crippen molar-refractivity contribution in [3.05, 3.63) is 63.2 Å². The van der Waals surface area contributed by atoms with E-state index in [9.17, 15) is 10.1 Å². The molecule has 2 aromatic carbocycles. The van der Waals surface area contributed by atoms with Crippen LogP contribution in [0, 0.1) is 10.1 Å². The van der Waals surface area contributed by atoms with Crippen LogP contribution in [-0.2, 0) is 4.74 Å². The minimum absolute atomic E-state index is 0.00732. The number of benzene rings is 2. The first-order valence-corrected chi connectivity index (χ1v) is 9.34. The predicted molar refractivity (Wildman–Crippen MR) is 109 cm³/mol. The van der Waals surface area contributed by atoms with Crippen LogP contribution < -0.4 is 10.2 Å². The molecule has 1 aromatic heterocycles. The third-order valence-electron chi connectivity index (χ3n) is 4.53. The summed E-state index contributed by atoms with van der Waals surface area (Å²) in [6.45, 7) is 2.79. The molecule has 4 rings (SSSR count). The van der Waals surface area contributed by atoms with Gasteiger partial charge < -0.3 is 15.0 Å². The van der Waals surface area contributed by atoms with Gasteiger partial charge in [0, 0.05) is 36.0 Å². The lowest BCUT2D eigenvalue weighted by molar-refractivity contribution is -0.384. The molecule has 0 aliphatic carbocycles. The van der Waals surface area contributed by atoms with Crippen molar-refractivity contribution in [2.24, 2.45) is 0 Å². The first kappa shape index (κ1) is 17.7. The Morgan fingerprint density at radius 3 is 2.70 bits per heavy atom. The van der Waals surface area contributed by atoms with E-state index in [0.717, 1.165) is 35.4 Å². The van der Waals surface area contributed by atoms with Gasteiger partial charge in [-0.15, -0.1) is 0 Å². The highest BCUT2D eigenvalue weighted by atomic mass is 79.9. The number of para-hydroxylation sites is 1. The molecule has 1 saturated heterocycles. The van der Waals surface area contributed by atoms with Crippen LogP contribution in [0.15, 0.2) is 53.1 Å².